The van der Waals surface area contributed by atoms with E-state index in [-0.39, 0.29) is 4.99 Å². The Kier molecular flexibility index (Phi) is 12.3. The normalized spacial score (nSPS) is 13.8. The Bertz CT molecular complexity index is 952. The summed E-state index contributed by atoms with van der Waals surface area (Å²) in [5, 5.41) is 2.87. The fraction of sp³-hybridized carbons (Fsp3) is 0.455. The topological polar surface area (TPSA) is 144 Å². The number of halogens is 1. The highest BCUT2D eigenvalue weighted by atomic mass is 79.9. The molecule has 0 fully saturated rings. The van der Waals surface area contributed by atoms with Crippen molar-refractivity contribution in [1.29, 1.82) is 0 Å². The number of rotatable bonds is 11. The zero-order valence-electron chi connectivity index (χ0n) is 19.7. The number of hydrogen-bond acceptors (Lipinski definition) is 11. The molecule has 0 heterocycles. The molecule has 11 nitrogen and oxygen atoms in total. The molecule has 1 aromatic carbocycles. The smallest absolute Gasteiger partial charge is 0.303 e. The van der Waals surface area contributed by atoms with Gasteiger partial charge in [-0.25, -0.2) is 0 Å². The SMILES string of the molecule is CC(=O)OC[C@@H](OC(C)=O)[C@@H](OC(C)=O)[C@H](OC(C)=O)[C@@H](OC(C)=O)C(=S)Nc1ccc(Br)cc1. The average Bonchev–Trinajstić information content (AvgIpc) is 2.72. The van der Waals surface area contributed by atoms with Crippen molar-refractivity contribution in [3.8, 4) is 0 Å². The van der Waals surface area contributed by atoms with Gasteiger partial charge in [-0.2, -0.15) is 0 Å². The molecule has 0 aliphatic rings. The Labute approximate surface area is 215 Å². The minimum atomic E-state index is -1.59. The van der Waals surface area contributed by atoms with E-state index in [2.05, 4.69) is 21.2 Å². The highest BCUT2D eigenvalue weighted by Crippen LogP contribution is 2.23. The predicted octanol–water partition coefficient (Wildman–Crippen LogP) is 2.48. The van der Waals surface area contributed by atoms with Crippen LogP contribution in [0.1, 0.15) is 34.6 Å². The van der Waals surface area contributed by atoms with Crippen molar-refractivity contribution < 1.29 is 47.7 Å². The Morgan fingerprint density at radius 3 is 1.71 bits per heavy atom. The van der Waals surface area contributed by atoms with E-state index in [1.165, 1.54) is 0 Å². The summed E-state index contributed by atoms with van der Waals surface area (Å²) in [6, 6.07) is 6.81. The van der Waals surface area contributed by atoms with E-state index in [0.29, 0.717) is 5.69 Å². The highest BCUT2D eigenvalue weighted by molar-refractivity contribution is 9.10. The second-order valence-corrected chi connectivity index (χ2v) is 8.48. The molecule has 0 radical (unpaired) electrons. The first-order valence-corrected chi connectivity index (χ1v) is 11.4. The largest absolute Gasteiger partial charge is 0.462 e. The summed E-state index contributed by atoms with van der Waals surface area (Å²) in [5.74, 6) is -4.00. The van der Waals surface area contributed by atoms with Gasteiger partial charge in [-0.05, 0) is 24.3 Å². The minimum Gasteiger partial charge on any atom is -0.462 e. The van der Waals surface area contributed by atoms with Crippen molar-refractivity contribution in [2.45, 2.75) is 59.0 Å². The number of benzene rings is 1. The van der Waals surface area contributed by atoms with E-state index in [9.17, 15) is 24.0 Å². The Morgan fingerprint density at radius 1 is 0.771 bits per heavy atom. The van der Waals surface area contributed by atoms with Crippen molar-refractivity contribution in [2.24, 2.45) is 0 Å². The number of ether oxygens (including phenoxy) is 5. The summed E-state index contributed by atoms with van der Waals surface area (Å²) in [4.78, 5) is 58.9. The zero-order valence-corrected chi connectivity index (χ0v) is 22.1. The standard InChI is InChI=1S/C22H26BrNO10S/c1-11(25)30-10-18(31-12(2)26)19(32-13(3)27)20(33-14(4)28)21(34-15(5)29)22(35)24-17-8-6-16(23)7-9-17/h6-9,18-21H,10H2,1-5H3,(H,24,35)/t18-,19-,20+,21-/m1/s1. The average molecular weight is 576 g/mol. The first-order valence-electron chi connectivity index (χ1n) is 10.2. The molecule has 0 saturated carbocycles. The molecule has 192 valence electrons. The minimum absolute atomic E-state index is 0.111. The maximum atomic E-state index is 12.0. The summed E-state index contributed by atoms with van der Waals surface area (Å²) in [6.45, 7) is 4.88. The molecule has 0 amide bonds. The molecule has 1 aromatic rings. The van der Waals surface area contributed by atoms with Crippen LogP contribution in [-0.4, -0.2) is 65.9 Å². The molecule has 0 aliphatic heterocycles. The quantitative estimate of drug-likeness (QED) is 0.235. The molecule has 0 aliphatic carbocycles. The van der Waals surface area contributed by atoms with Crippen LogP contribution < -0.4 is 5.32 Å². The summed E-state index contributed by atoms with van der Waals surface area (Å²) in [6.07, 6.45) is -6.09. The monoisotopic (exact) mass is 575 g/mol. The zero-order chi connectivity index (χ0) is 26.7. The number of anilines is 1. The van der Waals surface area contributed by atoms with E-state index in [4.69, 9.17) is 35.9 Å². The molecular formula is C22H26BrNO10S. The van der Waals surface area contributed by atoms with E-state index >= 15 is 0 Å². The van der Waals surface area contributed by atoms with E-state index in [0.717, 1.165) is 39.1 Å². The second kappa shape index (κ2) is 14.4. The number of thiocarbonyl (C=S) groups is 1. The lowest BCUT2D eigenvalue weighted by Gasteiger charge is -2.35. The third-order valence-electron chi connectivity index (χ3n) is 4.02. The second-order valence-electron chi connectivity index (χ2n) is 7.12. The molecule has 35 heavy (non-hydrogen) atoms. The number of nitrogens with one attached hydrogen (secondary N) is 1. The molecule has 1 rings (SSSR count). The van der Waals surface area contributed by atoms with E-state index in [1.807, 2.05) is 0 Å². The van der Waals surface area contributed by atoms with E-state index < -0.39 is 60.9 Å². The van der Waals surface area contributed by atoms with Gasteiger partial charge in [-0.3, -0.25) is 24.0 Å². The van der Waals surface area contributed by atoms with Gasteiger partial charge >= 0.3 is 29.8 Å². The van der Waals surface area contributed by atoms with Crippen LogP contribution in [0.2, 0.25) is 0 Å². The fourth-order valence-corrected chi connectivity index (χ4v) is 3.41. The van der Waals surface area contributed by atoms with Crippen molar-refractivity contribution in [3.63, 3.8) is 0 Å². The molecule has 1 N–H and O–H groups in total. The van der Waals surface area contributed by atoms with Gasteiger partial charge in [-0.15, -0.1) is 0 Å². The van der Waals surface area contributed by atoms with E-state index in [1.54, 1.807) is 24.3 Å². The van der Waals surface area contributed by atoms with Gasteiger partial charge in [-0.1, -0.05) is 28.1 Å². The van der Waals surface area contributed by atoms with Crippen LogP contribution in [0.5, 0.6) is 0 Å². The molecule has 0 saturated heterocycles. The van der Waals surface area contributed by atoms with Gasteiger partial charge in [0.1, 0.15) is 11.6 Å². The lowest BCUT2D eigenvalue weighted by atomic mass is 10.0. The molecule has 4 atom stereocenters. The number of esters is 5. The maximum Gasteiger partial charge on any atom is 0.303 e. The third kappa shape index (κ3) is 11.3. The first kappa shape index (κ1) is 30.0. The van der Waals surface area contributed by atoms with Gasteiger partial charge < -0.3 is 29.0 Å². The Hall–Kier alpha value is -3.06. The molecule has 13 heteroatoms. The van der Waals surface area contributed by atoms with Gasteiger partial charge in [0, 0.05) is 44.8 Å². The molecular weight excluding hydrogens is 550 g/mol. The van der Waals surface area contributed by atoms with Crippen molar-refractivity contribution in [1.82, 2.24) is 0 Å². The van der Waals surface area contributed by atoms with Crippen LogP contribution in [0.4, 0.5) is 5.69 Å². The molecule has 0 bridgehead atoms. The predicted molar refractivity (Wildman–Crippen MR) is 129 cm³/mol. The van der Waals surface area contributed by atoms with Crippen LogP contribution >= 0.6 is 28.1 Å². The lowest BCUT2D eigenvalue weighted by molar-refractivity contribution is -0.197. The summed E-state index contributed by atoms with van der Waals surface area (Å²) < 4.78 is 27.0. The molecule has 0 unspecified atom stereocenters. The van der Waals surface area contributed by atoms with Crippen LogP contribution in [0.15, 0.2) is 28.7 Å². The maximum absolute atomic E-state index is 12.0. The third-order valence-corrected chi connectivity index (χ3v) is 4.89. The Balaban J connectivity index is 3.51. The van der Waals surface area contributed by atoms with Crippen LogP contribution in [0.25, 0.3) is 0 Å². The first-order chi connectivity index (χ1) is 16.3. The Morgan fingerprint density at radius 2 is 1.26 bits per heavy atom. The van der Waals surface area contributed by atoms with Gasteiger partial charge in [0.05, 0.1) is 0 Å². The van der Waals surface area contributed by atoms with Gasteiger partial charge in [0.15, 0.2) is 24.4 Å². The highest BCUT2D eigenvalue weighted by Gasteiger charge is 2.45. The van der Waals surface area contributed by atoms with Crippen LogP contribution in [0, 0.1) is 0 Å². The number of carbonyl (C=O) groups excluding carboxylic acids is 5. The number of hydrogen-bond donors (Lipinski definition) is 1. The van der Waals surface area contributed by atoms with Crippen LogP contribution in [0.3, 0.4) is 0 Å². The molecule has 0 aromatic heterocycles. The van der Waals surface area contributed by atoms with Crippen molar-refractivity contribution in [3.05, 3.63) is 28.7 Å². The van der Waals surface area contributed by atoms with Crippen molar-refractivity contribution >= 4 is 68.7 Å². The van der Waals surface area contributed by atoms with Gasteiger partial charge in [0.25, 0.3) is 0 Å². The summed E-state index contributed by atoms with van der Waals surface area (Å²) in [5.41, 5.74) is 0.511. The van der Waals surface area contributed by atoms with Crippen molar-refractivity contribution in [2.75, 3.05) is 11.9 Å². The number of carbonyl (C=O) groups is 5. The fourth-order valence-electron chi connectivity index (χ4n) is 2.84. The molecule has 0 spiro atoms. The summed E-state index contributed by atoms with van der Waals surface area (Å²) in [7, 11) is 0. The van der Waals surface area contributed by atoms with Gasteiger partial charge in [0.2, 0.25) is 0 Å². The summed E-state index contributed by atoms with van der Waals surface area (Å²) >= 11 is 8.74. The van der Waals surface area contributed by atoms with Crippen LogP contribution in [-0.2, 0) is 47.7 Å². The lowest BCUT2D eigenvalue weighted by Crippen LogP contribution is -2.55.